The molecule has 0 aromatic heterocycles. The van der Waals surface area contributed by atoms with E-state index in [9.17, 15) is 13.2 Å². The molecule has 3 aromatic rings. The van der Waals surface area contributed by atoms with E-state index in [1.807, 2.05) is 56.3 Å². The summed E-state index contributed by atoms with van der Waals surface area (Å²) in [5.41, 5.74) is 4.63. The van der Waals surface area contributed by atoms with E-state index in [1.165, 1.54) is 16.4 Å². The molecule has 0 saturated heterocycles. The van der Waals surface area contributed by atoms with Gasteiger partial charge in [0, 0.05) is 12.2 Å². The lowest BCUT2D eigenvalue weighted by Gasteiger charge is -2.30. The average molecular weight is 451 g/mol. The van der Waals surface area contributed by atoms with Crippen LogP contribution < -0.4 is 14.4 Å². The van der Waals surface area contributed by atoms with E-state index in [-0.39, 0.29) is 17.4 Å². The van der Waals surface area contributed by atoms with Gasteiger partial charge in [0.05, 0.1) is 10.6 Å². The summed E-state index contributed by atoms with van der Waals surface area (Å²) in [4.78, 5) is 12.5. The van der Waals surface area contributed by atoms with Crippen molar-refractivity contribution in [3.63, 3.8) is 0 Å². The first-order valence-corrected chi connectivity index (χ1v) is 12.0. The number of carbonyl (C=O) groups excluding carboxylic acids is 1. The molecular formula is C25H26N2O4S. The van der Waals surface area contributed by atoms with Crippen molar-refractivity contribution in [2.75, 3.05) is 22.8 Å². The van der Waals surface area contributed by atoms with Gasteiger partial charge in [-0.3, -0.25) is 9.10 Å². The van der Waals surface area contributed by atoms with Crippen molar-refractivity contribution in [2.24, 2.45) is 0 Å². The number of anilines is 2. The molecule has 1 heterocycles. The van der Waals surface area contributed by atoms with Crippen LogP contribution in [0, 0.1) is 13.8 Å². The number of hydrogen-bond acceptors (Lipinski definition) is 4. The van der Waals surface area contributed by atoms with E-state index in [0.717, 1.165) is 40.9 Å². The molecule has 3 aromatic carbocycles. The molecule has 0 saturated carbocycles. The number of para-hydroxylation sites is 1. The summed E-state index contributed by atoms with van der Waals surface area (Å²) in [7, 11) is -3.67. The minimum Gasteiger partial charge on any atom is -0.484 e. The summed E-state index contributed by atoms with van der Waals surface area (Å²) < 4.78 is 33.5. The van der Waals surface area contributed by atoms with Gasteiger partial charge in [0.25, 0.3) is 15.9 Å². The largest absolute Gasteiger partial charge is 0.484 e. The Labute approximate surface area is 188 Å². The normalized spacial score (nSPS) is 13.4. The summed E-state index contributed by atoms with van der Waals surface area (Å²) in [6.45, 7) is 4.22. The number of fused-ring (bicyclic) bond motifs is 1. The van der Waals surface area contributed by atoms with Crippen LogP contribution in [0.1, 0.15) is 23.1 Å². The maximum Gasteiger partial charge on any atom is 0.264 e. The summed E-state index contributed by atoms with van der Waals surface area (Å²) >= 11 is 0. The number of aryl methyl sites for hydroxylation is 2. The van der Waals surface area contributed by atoms with E-state index in [4.69, 9.17) is 4.74 Å². The third kappa shape index (κ3) is 4.48. The van der Waals surface area contributed by atoms with Crippen LogP contribution >= 0.6 is 0 Å². The van der Waals surface area contributed by atoms with Gasteiger partial charge in [-0.15, -0.1) is 0 Å². The number of benzene rings is 3. The van der Waals surface area contributed by atoms with Crippen molar-refractivity contribution in [1.82, 2.24) is 0 Å². The Hall–Kier alpha value is -3.32. The summed E-state index contributed by atoms with van der Waals surface area (Å²) in [5.74, 6) is 0.152. The summed E-state index contributed by atoms with van der Waals surface area (Å²) in [5, 5.41) is 2.84. The molecule has 4 rings (SSSR count). The number of ether oxygens (including phenoxy) is 1. The molecule has 0 spiro atoms. The number of amides is 1. The molecule has 1 aliphatic rings. The molecule has 1 amide bonds. The predicted octanol–water partition coefficient (Wildman–Crippen LogP) is 4.46. The van der Waals surface area contributed by atoms with Crippen LogP contribution in [0.3, 0.4) is 0 Å². The van der Waals surface area contributed by atoms with Crippen molar-refractivity contribution in [3.05, 3.63) is 83.4 Å². The zero-order valence-corrected chi connectivity index (χ0v) is 19.0. The first-order valence-electron chi connectivity index (χ1n) is 10.6. The second kappa shape index (κ2) is 9.04. The molecule has 32 heavy (non-hydrogen) atoms. The first kappa shape index (κ1) is 21.9. The van der Waals surface area contributed by atoms with Gasteiger partial charge in [-0.05, 0) is 79.8 Å². The van der Waals surface area contributed by atoms with Crippen molar-refractivity contribution >= 4 is 27.3 Å². The van der Waals surface area contributed by atoms with Crippen molar-refractivity contribution in [2.45, 2.75) is 31.6 Å². The molecule has 0 unspecified atom stereocenters. The quantitative estimate of drug-likeness (QED) is 0.602. The first-order chi connectivity index (χ1) is 15.4. The number of rotatable bonds is 6. The van der Waals surface area contributed by atoms with Crippen LogP contribution in [0.15, 0.2) is 71.6 Å². The minimum absolute atomic E-state index is 0.168. The van der Waals surface area contributed by atoms with Crippen LogP contribution in [0.2, 0.25) is 0 Å². The van der Waals surface area contributed by atoms with Gasteiger partial charge < -0.3 is 10.1 Å². The SMILES string of the molecule is Cc1cccc(NC(=O)COc2ccc(S(=O)(=O)N3CCCc4ccccc43)cc2)c1C. The third-order valence-electron chi connectivity index (χ3n) is 5.73. The van der Waals surface area contributed by atoms with Crippen molar-refractivity contribution in [1.29, 1.82) is 0 Å². The fourth-order valence-corrected chi connectivity index (χ4v) is 5.35. The van der Waals surface area contributed by atoms with Crippen LogP contribution in [0.4, 0.5) is 11.4 Å². The van der Waals surface area contributed by atoms with Gasteiger partial charge in [0.1, 0.15) is 5.75 Å². The smallest absolute Gasteiger partial charge is 0.264 e. The molecular weight excluding hydrogens is 424 g/mol. The molecule has 0 aliphatic carbocycles. The Morgan fingerprint density at radius 1 is 1.00 bits per heavy atom. The van der Waals surface area contributed by atoms with E-state index < -0.39 is 10.0 Å². The van der Waals surface area contributed by atoms with E-state index in [2.05, 4.69) is 5.32 Å². The third-order valence-corrected chi connectivity index (χ3v) is 7.56. The highest BCUT2D eigenvalue weighted by Crippen LogP contribution is 2.32. The van der Waals surface area contributed by atoms with E-state index in [1.54, 1.807) is 12.1 Å². The van der Waals surface area contributed by atoms with Crippen LogP contribution in [-0.2, 0) is 21.2 Å². The molecule has 0 bridgehead atoms. The van der Waals surface area contributed by atoms with Crippen molar-refractivity contribution in [3.8, 4) is 5.75 Å². The highest BCUT2D eigenvalue weighted by molar-refractivity contribution is 7.92. The van der Waals surface area contributed by atoms with E-state index >= 15 is 0 Å². The van der Waals surface area contributed by atoms with Gasteiger partial charge >= 0.3 is 0 Å². The van der Waals surface area contributed by atoms with Crippen LogP contribution in [-0.4, -0.2) is 27.5 Å². The minimum atomic E-state index is -3.67. The van der Waals surface area contributed by atoms with Gasteiger partial charge in [-0.2, -0.15) is 0 Å². The Morgan fingerprint density at radius 3 is 2.53 bits per heavy atom. The van der Waals surface area contributed by atoms with Crippen molar-refractivity contribution < 1.29 is 17.9 Å². The van der Waals surface area contributed by atoms with Crippen LogP contribution in [0.25, 0.3) is 0 Å². The molecule has 1 N–H and O–H groups in total. The zero-order chi connectivity index (χ0) is 22.7. The molecule has 0 radical (unpaired) electrons. The maximum atomic E-state index is 13.2. The Morgan fingerprint density at radius 2 is 1.75 bits per heavy atom. The monoisotopic (exact) mass is 450 g/mol. The second-order valence-corrected chi connectivity index (χ2v) is 9.73. The predicted molar refractivity (Wildman–Crippen MR) is 126 cm³/mol. The standard InChI is InChI=1S/C25H26N2O4S/c1-18-7-5-10-23(19(18)2)26-25(28)17-31-21-12-14-22(15-13-21)32(29,30)27-16-6-9-20-8-3-4-11-24(20)27/h3-5,7-8,10-15H,6,9,16-17H2,1-2H3,(H,26,28). The molecule has 0 fully saturated rings. The van der Waals surface area contributed by atoms with Gasteiger partial charge in [0.15, 0.2) is 6.61 Å². The number of carbonyl (C=O) groups is 1. The van der Waals surface area contributed by atoms with E-state index in [0.29, 0.717) is 12.3 Å². The lowest BCUT2D eigenvalue weighted by molar-refractivity contribution is -0.118. The summed E-state index contributed by atoms with van der Waals surface area (Å²) in [6.07, 6.45) is 1.66. The van der Waals surface area contributed by atoms with Gasteiger partial charge in [0.2, 0.25) is 0 Å². The number of nitrogens with one attached hydrogen (secondary N) is 1. The fourth-order valence-electron chi connectivity index (χ4n) is 3.81. The Bertz CT molecular complexity index is 1240. The maximum absolute atomic E-state index is 13.2. The highest BCUT2D eigenvalue weighted by atomic mass is 32.2. The van der Waals surface area contributed by atoms with Gasteiger partial charge in [-0.25, -0.2) is 8.42 Å². The highest BCUT2D eigenvalue weighted by Gasteiger charge is 2.28. The summed E-state index contributed by atoms with van der Waals surface area (Å²) in [6, 6.07) is 19.5. The molecule has 0 atom stereocenters. The zero-order valence-electron chi connectivity index (χ0n) is 18.2. The molecule has 7 heteroatoms. The topological polar surface area (TPSA) is 75.7 Å². The van der Waals surface area contributed by atoms with Gasteiger partial charge in [-0.1, -0.05) is 30.3 Å². The number of hydrogen-bond donors (Lipinski definition) is 1. The lowest BCUT2D eigenvalue weighted by Crippen LogP contribution is -2.35. The van der Waals surface area contributed by atoms with Crippen LogP contribution in [0.5, 0.6) is 5.75 Å². The fraction of sp³-hybridized carbons (Fsp3) is 0.240. The molecule has 1 aliphatic heterocycles. The second-order valence-electron chi connectivity index (χ2n) is 7.87. The Balaban J connectivity index is 1.42. The average Bonchev–Trinajstić information content (AvgIpc) is 2.80. The molecule has 6 nitrogen and oxygen atoms in total. The number of nitrogens with zero attached hydrogens (tertiary/aromatic N) is 1. The molecule has 166 valence electrons. The lowest BCUT2D eigenvalue weighted by atomic mass is 10.0. The number of sulfonamides is 1. The Kier molecular flexibility index (Phi) is 6.19.